The summed E-state index contributed by atoms with van der Waals surface area (Å²) in [5.74, 6) is -1.49. The third-order valence-electron chi connectivity index (χ3n) is 5.16. The molecule has 0 heterocycles. The number of nitrogens with zero attached hydrogens (tertiary/aromatic N) is 1. The molecule has 0 saturated carbocycles. The van der Waals surface area contributed by atoms with Gasteiger partial charge in [-0.2, -0.15) is 0 Å². The molecule has 6 heteroatoms. The van der Waals surface area contributed by atoms with E-state index in [1.165, 1.54) is 22.3 Å². The molecule has 0 spiro atoms. The molecular formula is C27H37NO5. The Kier molecular flexibility index (Phi) is 11.9. The van der Waals surface area contributed by atoms with Gasteiger partial charge in [0.25, 0.3) is 0 Å². The fourth-order valence-electron chi connectivity index (χ4n) is 3.81. The molecule has 2 aromatic carbocycles. The minimum Gasteiger partial charge on any atom is -0.496 e. The van der Waals surface area contributed by atoms with Gasteiger partial charge >= 0.3 is 11.9 Å². The first-order valence-electron chi connectivity index (χ1n) is 11.2. The first-order chi connectivity index (χ1) is 15.6. The Labute approximate surface area is 197 Å². The lowest BCUT2D eigenvalue weighted by molar-refractivity contribution is -0.134. The van der Waals surface area contributed by atoms with Crippen LogP contribution in [0.25, 0.3) is 11.1 Å². The standard InChI is InChI=1S/C23H33NO.C4H4O4/c1-17(2)24(18(3)4)14-10-13-21-15-19(5)16-22(23(21)25-6)20-11-8-7-9-12-20;5-3(6)1-2-4(7)8/h7-9,11-12,15-18H,10,13-14H2,1-6H3;1-2H,(H,5,6)(H,7,8)/b;2-1+. The highest BCUT2D eigenvalue weighted by Crippen LogP contribution is 2.35. The molecule has 0 bridgehead atoms. The molecule has 0 unspecified atom stereocenters. The number of rotatable bonds is 10. The second-order valence-electron chi connectivity index (χ2n) is 8.41. The fraction of sp³-hybridized carbons (Fsp3) is 0.407. The Morgan fingerprint density at radius 1 is 0.970 bits per heavy atom. The number of ether oxygens (including phenoxy) is 1. The average molecular weight is 456 g/mol. The van der Waals surface area contributed by atoms with E-state index < -0.39 is 11.9 Å². The number of aliphatic carboxylic acids is 2. The van der Waals surface area contributed by atoms with Crippen molar-refractivity contribution in [3.05, 3.63) is 65.7 Å². The number of benzene rings is 2. The Bertz CT molecular complexity index is 896. The van der Waals surface area contributed by atoms with E-state index in [9.17, 15) is 9.59 Å². The van der Waals surface area contributed by atoms with E-state index >= 15 is 0 Å². The normalized spacial score (nSPS) is 11.1. The molecule has 6 nitrogen and oxygen atoms in total. The lowest BCUT2D eigenvalue weighted by atomic mass is 9.96. The quantitative estimate of drug-likeness (QED) is 0.464. The van der Waals surface area contributed by atoms with E-state index in [-0.39, 0.29) is 0 Å². The molecule has 0 aliphatic rings. The topological polar surface area (TPSA) is 87.1 Å². The molecule has 0 aliphatic carbocycles. The second-order valence-corrected chi connectivity index (χ2v) is 8.41. The first-order valence-corrected chi connectivity index (χ1v) is 11.2. The van der Waals surface area contributed by atoms with Crippen LogP contribution in [-0.2, 0) is 16.0 Å². The number of carbonyl (C=O) groups is 2. The maximum atomic E-state index is 9.55. The maximum absolute atomic E-state index is 9.55. The fourth-order valence-corrected chi connectivity index (χ4v) is 3.81. The zero-order valence-corrected chi connectivity index (χ0v) is 20.5. The monoisotopic (exact) mass is 455 g/mol. The van der Waals surface area contributed by atoms with E-state index in [1.54, 1.807) is 7.11 Å². The van der Waals surface area contributed by atoms with Gasteiger partial charge < -0.3 is 14.9 Å². The molecule has 33 heavy (non-hydrogen) atoms. The van der Waals surface area contributed by atoms with Gasteiger partial charge in [0.2, 0.25) is 0 Å². The highest BCUT2D eigenvalue weighted by Gasteiger charge is 2.15. The molecule has 0 saturated heterocycles. The maximum Gasteiger partial charge on any atom is 0.328 e. The molecule has 0 radical (unpaired) electrons. The summed E-state index contributed by atoms with van der Waals surface area (Å²) < 4.78 is 5.82. The van der Waals surface area contributed by atoms with Crippen molar-refractivity contribution in [1.82, 2.24) is 4.90 Å². The highest BCUT2D eigenvalue weighted by molar-refractivity contribution is 5.89. The average Bonchev–Trinajstić information content (AvgIpc) is 2.75. The van der Waals surface area contributed by atoms with Gasteiger partial charge in [-0.15, -0.1) is 0 Å². The number of aryl methyl sites for hydroxylation is 2. The van der Waals surface area contributed by atoms with Crippen molar-refractivity contribution in [3.8, 4) is 16.9 Å². The van der Waals surface area contributed by atoms with E-state index in [2.05, 4.69) is 82.0 Å². The number of hydrogen-bond acceptors (Lipinski definition) is 4. The van der Waals surface area contributed by atoms with Gasteiger partial charge in [0, 0.05) is 29.8 Å². The van der Waals surface area contributed by atoms with Gasteiger partial charge in [0.05, 0.1) is 7.11 Å². The number of carboxylic acid groups (broad SMARTS) is 2. The zero-order valence-electron chi connectivity index (χ0n) is 20.5. The Morgan fingerprint density at radius 2 is 1.52 bits per heavy atom. The molecule has 0 amide bonds. The Hall–Kier alpha value is -3.12. The lowest BCUT2D eigenvalue weighted by Gasteiger charge is -2.30. The Morgan fingerprint density at radius 3 is 1.97 bits per heavy atom. The van der Waals surface area contributed by atoms with Crippen LogP contribution in [0.15, 0.2) is 54.6 Å². The number of carboxylic acids is 2. The van der Waals surface area contributed by atoms with Crippen LogP contribution in [0.4, 0.5) is 0 Å². The zero-order chi connectivity index (χ0) is 25.0. The van der Waals surface area contributed by atoms with Crippen molar-refractivity contribution in [1.29, 1.82) is 0 Å². The Balaban J connectivity index is 0.000000582. The predicted octanol–water partition coefficient (Wildman–Crippen LogP) is 5.43. The van der Waals surface area contributed by atoms with Gasteiger partial charge in [-0.25, -0.2) is 9.59 Å². The van der Waals surface area contributed by atoms with Crippen LogP contribution in [0.1, 0.15) is 45.2 Å². The van der Waals surface area contributed by atoms with Crippen molar-refractivity contribution >= 4 is 11.9 Å². The third kappa shape index (κ3) is 9.91. The molecule has 0 fully saturated rings. The van der Waals surface area contributed by atoms with Crippen LogP contribution < -0.4 is 4.74 Å². The third-order valence-corrected chi connectivity index (χ3v) is 5.16. The lowest BCUT2D eigenvalue weighted by Crippen LogP contribution is -2.37. The SMILES string of the molecule is COc1c(CCCN(C(C)C)C(C)C)cc(C)cc1-c1ccccc1.O=C(O)/C=C/C(=O)O. The van der Waals surface area contributed by atoms with Crippen LogP contribution in [0.2, 0.25) is 0 Å². The van der Waals surface area contributed by atoms with Crippen LogP contribution in [-0.4, -0.2) is 52.8 Å². The molecule has 0 aromatic heterocycles. The van der Waals surface area contributed by atoms with Gasteiger partial charge in [-0.3, -0.25) is 4.90 Å². The minimum atomic E-state index is -1.26. The molecule has 180 valence electrons. The van der Waals surface area contributed by atoms with Gasteiger partial charge in [-0.05, 0) is 76.8 Å². The molecule has 0 atom stereocenters. The molecule has 2 rings (SSSR count). The molecular weight excluding hydrogens is 418 g/mol. The smallest absolute Gasteiger partial charge is 0.328 e. The summed E-state index contributed by atoms with van der Waals surface area (Å²) in [7, 11) is 1.79. The summed E-state index contributed by atoms with van der Waals surface area (Å²) in [6.07, 6.45) is 3.30. The van der Waals surface area contributed by atoms with Gasteiger partial charge in [0.15, 0.2) is 0 Å². The van der Waals surface area contributed by atoms with Crippen molar-refractivity contribution < 1.29 is 24.5 Å². The largest absolute Gasteiger partial charge is 0.496 e. The summed E-state index contributed by atoms with van der Waals surface area (Å²) in [5, 5.41) is 15.6. The highest BCUT2D eigenvalue weighted by atomic mass is 16.5. The summed E-state index contributed by atoms with van der Waals surface area (Å²) >= 11 is 0. The van der Waals surface area contributed by atoms with Crippen molar-refractivity contribution in [2.24, 2.45) is 0 Å². The minimum absolute atomic E-state index is 0.558. The summed E-state index contributed by atoms with van der Waals surface area (Å²) in [4.78, 5) is 21.7. The molecule has 2 N–H and O–H groups in total. The summed E-state index contributed by atoms with van der Waals surface area (Å²) in [6.45, 7) is 12.4. The van der Waals surface area contributed by atoms with Crippen LogP contribution in [0.3, 0.4) is 0 Å². The predicted molar refractivity (Wildman–Crippen MR) is 133 cm³/mol. The van der Waals surface area contributed by atoms with E-state index in [0.717, 1.165) is 25.1 Å². The second kappa shape index (κ2) is 14.1. The van der Waals surface area contributed by atoms with Crippen LogP contribution in [0.5, 0.6) is 5.75 Å². The van der Waals surface area contributed by atoms with Crippen molar-refractivity contribution in [2.45, 2.75) is 59.5 Å². The van der Waals surface area contributed by atoms with E-state index in [4.69, 9.17) is 14.9 Å². The number of hydrogen-bond donors (Lipinski definition) is 2. The van der Waals surface area contributed by atoms with Crippen molar-refractivity contribution in [2.75, 3.05) is 13.7 Å². The molecule has 0 aliphatic heterocycles. The van der Waals surface area contributed by atoms with Crippen molar-refractivity contribution in [3.63, 3.8) is 0 Å². The van der Waals surface area contributed by atoms with Gasteiger partial charge in [-0.1, -0.05) is 36.4 Å². The first kappa shape index (κ1) is 27.9. The van der Waals surface area contributed by atoms with Crippen LogP contribution in [0, 0.1) is 6.92 Å². The van der Waals surface area contributed by atoms with Crippen LogP contribution >= 0.6 is 0 Å². The van der Waals surface area contributed by atoms with E-state index in [1.807, 2.05) is 0 Å². The number of methoxy groups -OCH3 is 1. The van der Waals surface area contributed by atoms with E-state index in [0.29, 0.717) is 24.2 Å². The summed E-state index contributed by atoms with van der Waals surface area (Å²) in [5.41, 5.74) is 5.02. The van der Waals surface area contributed by atoms with Gasteiger partial charge in [0.1, 0.15) is 5.75 Å². The molecule has 2 aromatic rings. The summed E-state index contributed by atoms with van der Waals surface area (Å²) in [6, 6.07) is 16.2.